The molecular formula is C10H18N2O. The van der Waals surface area contributed by atoms with Crippen LogP contribution in [0.15, 0.2) is 0 Å². The van der Waals surface area contributed by atoms with Gasteiger partial charge in [-0.05, 0) is 20.3 Å². The smallest absolute Gasteiger partial charge is 0.315 e. The highest BCUT2D eigenvalue weighted by molar-refractivity contribution is 5.74. The summed E-state index contributed by atoms with van der Waals surface area (Å²) in [6.45, 7) is 5.83. The van der Waals surface area contributed by atoms with Crippen LogP contribution in [0.2, 0.25) is 0 Å². The molecule has 0 aromatic carbocycles. The minimum absolute atomic E-state index is 0.0868. The fourth-order valence-corrected chi connectivity index (χ4v) is 0.929. The average Bonchev–Trinajstić information content (AvgIpc) is 2.02. The lowest BCUT2D eigenvalue weighted by molar-refractivity contribution is 0.234. The topological polar surface area (TPSA) is 41.1 Å². The van der Waals surface area contributed by atoms with E-state index in [1.54, 1.807) is 0 Å². The van der Waals surface area contributed by atoms with Gasteiger partial charge >= 0.3 is 6.03 Å². The van der Waals surface area contributed by atoms with Gasteiger partial charge in [-0.25, -0.2) is 4.79 Å². The molecule has 0 fully saturated rings. The fraction of sp³-hybridized carbons (Fsp3) is 0.700. The third kappa shape index (κ3) is 6.03. The van der Waals surface area contributed by atoms with Crippen LogP contribution in [-0.4, -0.2) is 18.1 Å². The van der Waals surface area contributed by atoms with Gasteiger partial charge in [0.15, 0.2) is 0 Å². The average molecular weight is 182 g/mol. The van der Waals surface area contributed by atoms with Crippen LogP contribution in [0, 0.1) is 12.3 Å². The van der Waals surface area contributed by atoms with Crippen LogP contribution >= 0.6 is 0 Å². The van der Waals surface area contributed by atoms with Crippen LogP contribution in [0.3, 0.4) is 0 Å². The molecule has 0 aromatic heterocycles. The number of nitrogens with one attached hydrogen (secondary N) is 2. The van der Waals surface area contributed by atoms with E-state index in [1.807, 2.05) is 20.8 Å². The quantitative estimate of drug-likeness (QED) is 0.635. The lowest BCUT2D eigenvalue weighted by Crippen LogP contribution is -2.44. The Morgan fingerprint density at radius 1 is 1.46 bits per heavy atom. The first-order valence-electron chi connectivity index (χ1n) is 4.60. The Morgan fingerprint density at radius 3 is 2.46 bits per heavy atom. The summed E-state index contributed by atoms with van der Waals surface area (Å²) in [6.07, 6.45) is 6.60. The molecular weight excluding hydrogens is 164 g/mol. The second-order valence-electron chi connectivity index (χ2n) is 3.29. The molecule has 0 aliphatic heterocycles. The van der Waals surface area contributed by atoms with Gasteiger partial charge in [0.1, 0.15) is 0 Å². The molecule has 3 nitrogen and oxygen atoms in total. The zero-order valence-electron chi connectivity index (χ0n) is 8.55. The minimum atomic E-state index is -0.142. The van der Waals surface area contributed by atoms with E-state index in [-0.39, 0.29) is 18.1 Å². The Kier molecular flexibility index (Phi) is 5.79. The molecule has 1 atom stereocenters. The van der Waals surface area contributed by atoms with Crippen LogP contribution in [0.5, 0.6) is 0 Å². The maximum absolute atomic E-state index is 11.2. The molecule has 0 rings (SSSR count). The molecule has 2 amide bonds. The number of terminal acetylenes is 1. The number of urea groups is 1. The Hall–Kier alpha value is -1.17. The van der Waals surface area contributed by atoms with Crippen molar-refractivity contribution in [3.63, 3.8) is 0 Å². The van der Waals surface area contributed by atoms with E-state index in [4.69, 9.17) is 6.42 Å². The summed E-state index contributed by atoms with van der Waals surface area (Å²) < 4.78 is 0. The van der Waals surface area contributed by atoms with E-state index in [0.29, 0.717) is 6.42 Å². The highest BCUT2D eigenvalue weighted by atomic mass is 16.2. The number of amides is 2. The van der Waals surface area contributed by atoms with Crippen molar-refractivity contribution in [2.45, 2.75) is 45.7 Å². The van der Waals surface area contributed by atoms with Crippen molar-refractivity contribution in [2.75, 3.05) is 0 Å². The van der Waals surface area contributed by atoms with Crippen molar-refractivity contribution >= 4 is 6.03 Å². The van der Waals surface area contributed by atoms with Crippen LogP contribution in [0.4, 0.5) is 4.79 Å². The van der Waals surface area contributed by atoms with Crippen molar-refractivity contribution in [1.82, 2.24) is 10.6 Å². The molecule has 0 bridgehead atoms. The Labute approximate surface area is 80.3 Å². The number of hydrogen-bond donors (Lipinski definition) is 2. The molecule has 2 N–H and O–H groups in total. The van der Waals surface area contributed by atoms with Gasteiger partial charge in [0.2, 0.25) is 0 Å². The van der Waals surface area contributed by atoms with Crippen molar-refractivity contribution in [3.05, 3.63) is 0 Å². The first-order valence-corrected chi connectivity index (χ1v) is 4.60. The van der Waals surface area contributed by atoms with Gasteiger partial charge in [0, 0.05) is 18.5 Å². The molecule has 3 heteroatoms. The highest BCUT2D eigenvalue weighted by Gasteiger charge is 2.08. The zero-order valence-corrected chi connectivity index (χ0v) is 8.55. The second-order valence-corrected chi connectivity index (χ2v) is 3.29. The second kappa shape index (κ2) is 6.36. The summed E-state index contributed by atoms with van der Waals surface area (Å²) in [5, 5.41) is 5.55. The summed E-state index contributed by atoms with van der Waals surface area (Å²) in [6, 6.07) is 0.101. The van der Waals surface area contributed by atoms with Crippen molar-refractivity contribution < 1.29 is 4.79 Å². The maximum atomic E-state index is 11.2. The Morgan fingerprint density at radius 2 is 2.08 bits per heavy atom. The Balaban J connectivity index is 3.81. The van der Waals surface area contributed by atoms with Gasteiger partial charge < -0.3 is 10.6 Å². The molecule has 0 heterocycles. The molecule has 0 aromatic rings. The summed E-state index contributed by atoms with van der Waals surface area (Å²) >= 11 is 0. The van der Waals surface area contributed by atoms with Gasteiger partial charge in [0.25, 0.3) is 0 Å². The van der Waals surface area contributed by atoms with Crippen LogP contribution in [-0.2, 0) is 0 Å². The SMILES string of the molecule is C#CCC(CC)NC(=O)NC(C)C. The van der Waals surface area contributed by atoms with E-state index in [1.165, 1.54) is 0 Å². The number of hydrogen-bond acceptors (Lipinski definition) is 1. The molecule has 0 saturated heterocycles. The van der Waals surface area contributed by atoms with Crippen molar-refractivity contribution in [2.24, 2.45) is 0 Å². The summed E-state index contributed by atoms with van der Waals surface area (Å²) in [5.74, 6) is 2.53. The standard InChI is InChI=1S/C10H18N2O/c1-5-7-9(6-2)12-10(13)11-8(3)4/h1,8-9H,6-7H2,2-4H3,(H2,11,12,13). The summed E-state index contributed by atoms with van der Waals surface area (Å²) in [7, 11) is 0. The van der Waals surface area contributed by atoms with Crippen molar-refractivity contribution in [1.29, 1.82) is 0 Å². The van der Waals surface area contributed by atoms with Crippen LogP contribution < -0.4 is 10.6 Å². The van der Waals surface area contributed by atoms with E-state index in [0.717, 1.165) is 6.42 Å². The zero-order chi connectivity index (χ0) is 10.3. The first-order chi connectivity index (χ1) is 6.10. The first kappa shape index (κ1) is 11.8. The lowest BCUT2D eigenvalue weighted by Gasteiger charge is -2.16. The highest BCUT2D eigenvalue weighted by Crippen LogP contribution is 1.95. The van der Waals surface area contributed by atoms with Gasteiger partial charge in [-0.15, -0.1) is 12.3 Å². The number of carbonyl (C=O) groups is 1. The summed E-state index contributed by atoms with van der Waals surface area (Å²) in [4.78, 5) is 11.2. The molecule has 0 spiro atoms. The molecule has 0 aliphatic rings. The number of rotatable bonds is 4. The fourth-order valence-electron chi connectivity index (χ4n) is 0.929. The van der Waals surface area contributed by atoms with Crippen molar-refractivity contribution in [3.8, 4) is 12.3 Å². The van der Waals surface area contributed by atoms with Gasteiger partial charge in [-0.3, -0.25) is 0 Å². The minimum Gasteiger partial charge on any atom is -0.336 e. The largest absolute Gasteiger partial charge is 0.336 e. The molecule has 74 valence electrons. The Bertz CT molecular complexity index is 194. The summed E-state index contributed by atoms with van der Waals surface area (Å²) in [5.41, 5.74) is 0. The molecule has 1 unspecified atom stereocenters. The normalized spacial score (nSPS) is 11.9. The van der Waals surface area contributed by atoms with E-state index in [2.05, 4.69) is 16.6 Å². The maximum Gasteiger partial charge on any atom is 0.315 e. The molecule has 0 radical (unpaired) electrons. The van der Waals surface area contributed by atoms with E-state index >= 15 is 0 Å². The van der Waals surface area contributed by atoms with Gasteiger partial charge in [-0.1, -0.05) is 6.92 Å². The third-order valence-electron chi connectivity index (χ3n) is 1.61. The lowest BCUT2D eigenvalue weighted by atomic mass is 10.1. The van der Waals surface area contributed by atoms with Gasteiger partial charge in [0.05, 0.1) is 0 Å². The van der Waals surface area contributed by atoms with Crippen LogP contribution in [0.25, 0.3) is 0 Å². The van der Waals surface area contributed by atoms with E-state index in [9.17, 15) is 4.79 Å². The van der Waals surface area contributed by atoms with Gasteiger partial charge in [-0.2, -0.15) is 0 Å². The monoisotopic (exact) mass is 182 g/mol. The predicted molar refractivity (Wildman–Crippen MR) is 54.3 cm³/mol. The molecule has 0 saturated carbocycles. The number of carbonyl (C=O) groups excluding carboxylic acids is 1. The molecule has 13 heavy (non-hydrogen) atoms. The third-order valence-corrected chi connectivity index (χ3v) is 1.61. The molecule has 0 aliphatic carbocycles. The predicted octanol–water partition coefficient (Wildman–Crippen LogP) is 1.50. The van der Waals surface area contributed by atoms with Crippen LogP contribution in [0.1, 0.15) is 33.6 Å². The van der Waals surface area contributed by atoms with E-state index < -0.39 is 0 Å².